The number of nitrogens with two attached hydrogens (primary N) is 1. The first-order valence-corrected chi connectivity index (χ1v) is 6.26. The Bertz CT molecular complexity index is 420. The zero-order valence-corrected chi connectivity index (χ0v) is 10.0. The molecule has 5 heteroatoms. The van der Waals surface area contributed by atoms with Crippen LogP contribution in [0.2, 0.25) is 0 Å². The lowest BCUT2D eigenvalue weighted by Crippen LogP contribution is -2.11. The average molecular weight is 237 g/mol. The van der Waals surface area contributed by atoms with Gasteiger partial charge >= 0.3 is 0 Å². The molecule has 0 aliphatic heterocycles. The van der Waals surface area contributed by atoms with E-state index in [2.05, 4.69) is 23.1 Å². The zero-order valence-electron chi connectivity index (χ0n) is 9.22. The maximum atomic E-state index is 5.63. The van der Waals surface area contributed by atoms with Gasteiger partial charge in [0.05, 0.1) is 5.92 Å². The Morgan fingerprint density at radius 3 is 3.06 bits per heavy atom. The summed E-state index contributed by atoms with van der Waals surface area (Å²) < 4.78 is 5.22. The van der Waals surface area contributed by atoms with E-state index in [-0.39, 0.29) is 5.92 Å². The summed E-state index contributed by atoms with van der Waals surface area (Å²) in [5, 5.41) is 6.02. The standard InChI is InChI=1S/C11H15N3OS/c1-2-8(7-12)11-13-10(14-15-11)6-9-4-3-5-16-9/h3-5,8H,2,6-7,12H2,1H3. The molecule has 2 aromatic heterocycles. The van der Waals surface area contributed by atoms with Gasteiger partial charge in [-0.05, 0) is 17.9 Å². The van der Waals surface area contributed by atoms with Gasteiger partial charge in [0.2, 0.25) is 5.89 Å². The summed E-state index contributed by atoms with van der Waals surface area (Å²) in [5.41, 5.74) is 5.63. The fourth-order valence-electron chi connectivity index (χ4n) is 1.52. The van der Waals surface area contributed by atoms with Crippen LogP contribution >= 0.6 is 11.3 Å². The monoisotopic (exact) mass is 237 g/mol. The van der Waals surface area contributed by atoms with Gasteiger partial charge in [0, 0.05) is 17.8 Å². The van der Waals surface area contributed by atoms with Crippen LogP contribution in [-0.4, -0.2) is 16.7 Å². The van der Waals surface area contributed by atoms with Crippen molar-refractivity contribution in [3.8, 4) is 0 Å². The van der Waals surface area contributed by atoms with Crippen LogP contribution in [0.4, 0.5) is 0 Å². The molecular formula is C11H15N3OS. The van der Waals surface area contributed by atoms with Crippen molar-refractivity contribution in [2.75, 3.05) is 6.54 Å². The van der Waals surface area contributed by atoms with E-state index in [1.54, 1.807) is 11.3 Å². The molecule has 1 atom stereocenters. The van der Waals surface area contributed by atoms with E-state index in [1.165, 1.54) is 4.88 Å². The third-order valence-electron chi connectivity index (χ3n) is 2.52. The molecule has 0 aliphatic rings. The van der Waals surface area contributed by atoms with Gasteiger partial charge in [0.1, 0.15) is 0 Å². The predicted octanol–water partition coefficient (Wildman–Crippen LogP) is 2.17. The van der Waals surface area contributed by atoms with Crippen LogP contribution in [0, 0.1) is 0 Å². The number of hydrogen-bond acceptors (Lipinski definition) is 5. The molecule has 2 aromatic rings. The minimum Gasteiger partial charge on any atom is -0.339 e. The summed E-state index contributed by atoms with van der Waals surface area (Å²) in [7, 11) is 0. The lowest BCUT2D eigenvalue weighted by molar-refractivity contribution is 0.348. The van der Waals surface area contributed by atoms with Gasteiger partial charge in [-0.3, -0.25) is 0 Å². The van der Waals surface area contributed by atoms with E-state index in [0.717, 1.165) is 18.7 Å². The molecule has 1 unspecified atom stereocenters. The summed E-state index contributed by atoms with van der Waals surface area (Å²) in [6.45, 7) is 2.62. The Morgan fingerprint density at radius 2 is 2.44 bits per heavy atom. The van der Waals surface area contributed by atoms with Crippen molar-refractivity contribution < 1.29 is 4.52 Å². The first-order valence-electron chi connectivity index (χ1n) is 5.38. The number of hydrogen-bond donors (Lipinski definition) is 1. The maximum absolute atomic E-state index is 5.63. The molecule has 0 spiro atoms. The third kappa shape index (κ3) is 2.48. The molecule has 0 bridgehead atoms. The van der Waals surface area contributed by atoms with Crippen LogP contribution in [0.5, 0.6) is 0 Å². The molecule has 0 saturated heterocycles. The van der Waals surface area contributed by atoms with Crippen molar-refractivity contribution in [1.82, 2.24) is 10.1 Å². The second kappa shape index (κ2) is 5.23. The van der Waals surface area contributed by atoms with E-state index in [0.29, 0.717) is 12.4 Å². The molecule has 0 radical (unpaired) electrons. The van der Waals surface area contributed by atoms with Crippen molar-refractivity contribution in [2.45, 2.75) is 25.7 Å². The van der Waals surface area contributed by atoms with Crippen LogP contribution in [0.25, 0.3) is 0 Å². The molecule has 2 heterocycles. The van der Waals surface area contributed by atoms with Crippen molar-refractivity contribution in [2.24, 2.45) is 5.73 Å². The Balaban J connectivity index is 2.07. The zero-order chi connectivity index (χ0) is 11.4. The summed E-state index contributed by atoms with van der Waals surface area (Å²) >= 11 is 1.70. The molecule has 86 valence electrons. The molecule has 4 nitrogen and oxygen atoms in total. The van der Waals surface area contributed by atoms with Gasteiger partial charge in [-0.15, -0.1) is 11.3 Å². The van der Waals surface area contributed by atoms with E-state index in [4.69, 9.17) is 10.3 Å². The lowest BCUT2D eigenvalue weighted by Gasteiger charge is -2.04. The topological polar surface area (TPSA) is 64.9 Å². The molecule has 2 N–H and O–H groups in total. The predicted molar refractivity (Wildman–Crippen MR) is 63.5 cm³/mol. The van der Waals surface area contributed by atoms with Gasteiger partial charge in [-0.1, -0.05) is 18.1 Å². The van der Waals surface area contributed by atoms with Crippen LogP contribution in [0.3, 0.4) is 0 Å². The quantitative estimate of drug-likeness (QED) is 0.865. The molecule has 0 amide bonds. The van der Waals surface area contributed by atoms with Gasteiger partial charge in [-0.2, -0.15) is 4.98 Å². The minimum absolute atomic E-state index is 0.185. The highest BCUT2D eigenvalue weighted by Crippen LogP contribution is 2.18. The molecule has 0 aliphatic carbocycles. The molecule has 0 fully saturated rings. The van der Waals surface area contributed by atoms with E-state index < -0.39 is 0 Å². The van der Waals surface area contributed by atoms with Gasteiger partial charge in [0.25, 0.3) is 0 Å². The average Bonchev–Trinajstić information content (AvgIpc) is 2.93. The van der Waals surface area contributed by atoms with Gasteiger partial charge in [-0.25, -0.2) is 0 Å². The van der Waals surface area contributed by atoms with Crippen molar-refractivity contribution in [3.05, 3.63) is 34.1 Å². The van der Waals surface area contributed by atoms with Crippen molar-refractivity contribution in [1.29, 1.82) is 0 Å². The van der Waals surface area contributed by atoms with Gasteiger partial charge in [0.15, 0.2) is 5.82 Å². The highest BCUT2D eigenvalue weighted by molar-refractivity contribution is 7.09. The molecule has 0 saturated carbocycles. The fourth-order valence-corrected chi connectivity index (χ4v) is 2.22. The van der Waals surface area contributed by atoms with Crippen molar-refractivity contribution >= 4 is 11.3 Å². The number of thiophene rings is 1. The highest BCUT2D eigenvalue weighted by Gasteiger charge is 2.15. The first-order chi connectivity index (χ1) is 7.83. The summed E-state index contributed by atoms with van der Waals surface area (Å²) in [6.07, 6.45) is 1.67. The number of nitrogens with zero attached hydrogens (tertiary/aromatic N) is 2. The Kier molecular flexibility index (Phi) is 3.69. The largest absolute Gasteiger partial charge is 0.339 e. The van der Waals surface area contributed by atoms with Crippen LogP contribution in [-0.2, 0) is 6.42 Å². The summed E-state index contributed by atoms with van der Waals surface area (Å²) in [4.78, 5) is 5.62. The van der Waals surface area contributed by atoms with Gasteiger partial charge < -0.3 is 10.3 Å². The second-order valence-electron chi connectivity index (χ2n) is 3.65. The van der Waals surface area contributed by atoms with Crippen LogP contribution in [0.1, 0.15) is 35.9 Å². The minimum atomic E-state index is 0.185. The summed E-state index contributed by atoms with van der Waals surface area (Å²) in [5.74, 6) is 1.59. The molecule has 2 rings (SSSR count). The second-order valence-corrected chi connectivity index (χ2v) is 4.68. The van der Waals surface area contributed by atoms with E-state index in [1.807, 2.05) is 11.4 Å². The molecular weight excluding hydrogens is 222 g/mol. The van der Waals surface area contributed by atoms with Crippen LogP contribution in [0.15, 0.2) is 22.0 Å². The highest BCUT2D eigenvalue weighted by atomic mass is 32.1. The smallest absolute Gasteiger partial charge is 0.231 e. The number of aromatic nitrogens is 2. The van der Waals surface area contributed by atoms with Crippen LogP contribution < -0.4 is 5.73 Å². The summed E-state index contributed by atoms with van der Waals surface area (Å²) in [6, 6.07) is 4.09. The SMILES string of the molecule is CCC(CN)c1nc(Cc2cccs2)no1. The lowest BCUT2D eigenvalue weighted by atomic mass is 10.1. The van der Waals surface area contributed by atoms with E-state index in [9.17, 15) is 0 Å². The number of rotatable bonds is 5. The first kappa shape index (κ1) is 11.3. The Labute approximate surface area is 98.5 Å². The molecule has 16 heavy (non-hydrogen) atoms. The maximum Gasteiger partial charge on any atom is 0.231 e. The van der Waals surface area contributed by atoms with E-state index >= 15 is 0 Å². The third-order valence-corrected chi connectivity index (χ3v) is 3.40. The van der Waals surface area contributed by atoms with Crippen molar-refractivity contribution in [3.63, 3.8) is 0 Å². The Morgan fingerprint density at radius 1 is 1.56 bits per heavy atom. The molecule has 0 aromatic carbocycles. The Hall–Kier alpha value is -1.20. The fraction of sp³-hybridized carbons (Fsp3) is 0.455. The normalized spacial score (nSPS) is 12.9.